The summed E-state index contributed by atoms with van der Waals surface area (Å²) in [5.74, 6) is 0.509. The van der Waals surface area contributed by atoms with Crippen LogP contribution in [0.15, 0.2) is 42.5 Å². The number of nitro groups is 1. The highest BCUT2D eigenvalue weighted by molar-refractivity contribution is 7.99. The van der Waals surface area contributed by atoms with Gasteiger partial charge in [-0.25, -0.2) is 0 Å². The molecule has 0 atom stereocenters. The highest BCUT2D eigenvalue weighted by Gasteiger charge is 2.08. The maximum atomic E-state index is 11.9. The maximum absolute atomic E-state index is 11.9. The lowest BCUT2D eigenvalue weighted by Gasteiger charge is -2.07. The van der Waals surface area contributed by atoms with Gasteiger partial charge in [-0.15, -0.1) is 11.8 Å². The molecule has 1 N–H and O–H groups in total. The van der Waals surface area contributed by atoms with Crippen molar-refractivity contribution >= 4 is 52.2 Å². The van der Waals surface area contributed by atoms with Gasteiger partial charge in [-0.3, -0.25) is 14.9 Å². The fourth-order valence-corrected chi connectivity index (χ4v) is 3.03. The molecule has 0 bridgehead atoms. The molecule has 0 unspecified atom stereocenters. The molecule has 0 aromatic heterocycles. The van der Waals surface area contributed by atoms with Crippen LogP contribution in [0.5, 0.6) is 0 Å². The Bertz CT molecular complexity index is 740. The molecule has 0 aliphatic carbocycles. The summed E-state index contributed by atoms with van der Waals surface area (Å²) in [5, 5.41) is 14.3. The summed E-state index contributed by atoms with van der Waals surface area (Å²) in [7, 11) is 0. The number of carbonyl (C=O) groups excluding carboxylic acids is 1. The molecule has 0 saturated heterocycles. The van der Waals surface area contributed by atoms with E-state index in [0.29, 0.717) is 21.5 Å². The summed E-state index contributed by atoms with van der Waals surface area (Å²) in [6.07, 6.45) is 0. The first-order chi connectivity index (χ1) is 11.0. The Labute approximate surface area is 147 Å². The van der Waals surface area contributed by atoms with E-state index in [2.05, 4.69) is 5.32 Å². The number of benzene rings is 2. The number of hydrogen-bond donors (Lipinski definition) is 1. The first kappa shape index (κ1) is 17.6. The molecule has 0 spiro atoms. The molecular weight excluding hydrogens is 359 g/mol. The fourth-order valence-electron chi connectivity index (χ4n) is 1.80. The Morgan fingerprint density at radius 2 is 2.00 bits per heavy atom. The van der Waals surface area contributed by atoms with Crippen LogP contribution >= 0.6 is 35.0 Å². The molecule has 23 heavy (non-hydrogen) atoms. The number of nitro benzene ring substituents is 1. The summed E-state index contributed by atoms with van der Waals surface area (Å²) in [5.41, 5.74) is 1.33. The van der Waals surface area contributed by atoms with Crippen molar-refractivity contribution in [3.05, 3.63) is 68.2 Å². The van der Waals surface area contributed by atoms with E-state index < -0.39 is 4.92 Å². The van der Waals surface area contributed by atoms with Gasteiger partial charge >= 0.3 is 0 Å². The SMILES string of the molecule is O=C(CSCc1cccc([N+](=O)[O-])c1)Nc1ccc(Cl)cc1Cl. The van der Waals surface area contributed by atoms with Crippen LogP contribution in [0.2, 0.25) is 10.0 Å². The minimum atomic E-state index is -0.441. The molecule has 5 nitrogen and oxygen atoms in total. The second-order valence-corrected chi connectivity index (χ2v) is 6.42. The van der Waals surface area contributed by atoms with Crippen molar-refractivity contribution in [3.63, 3.8) is 0 Å². The number of amides is 1. The largest absolute Gasteiger partial charge is 0.324 e. The molecule has 0 fully saturated rings. The Morgan fingerprint density at radius 1 is 1.22 bits per heavy atom. The van der Waals surface area contributed by atoms with E-state index in [1.807, 2.05) is 0 Å². The second kappa shape index (κ2) is 8.19. The zero-order chi connectivity index (χ0) is 16.8. The highest BCUT2D eigenvalue weighted by atomic mass is 35.5. The highest BCUT2D eigenvalue weighted by Crippen LogP contribution is 2.25. The molecule has 1 amide bonds. The lowest BCUT2D eigenvalue weighted by Crippen LogP contribution is -2.14. The number of nitrogens with zero attached hydrogens (tertiary/aromatic N) is 1. The molecule has 120 valence electrons. The van der Waals surface area contributed by atoms with Crippen molar-refractivity contribution in [1.82, 2.24) is 0 Å². The van der Waals surface area contributed by atoms with E-state index in [9.17, 15) is 14.9 Å². The van der Waals surface area contributed by atoms with E-state index in [0.717, 1.165) is 5.56 Å². The van der Waals surface area contributed by atoms with Crippen LogP contribution in [0, 0.1) is 10.1 Å². The average Bonchev–Trinajstić information content (AvgIpc) is 2.50. The van der Waals surface area contributed by atoms with Crippen molar-refractivity contribution in [3.8, 4) is 0 Å². The first-order valence-electron chi connectivity index (χ1n) is 6.51. The third-order valence-electron chi connectivity index (χ3n) is 2.83. The van der Waals surface area contributed by atoms with E-state index in [1.54, 1.807) is 30.3 Å². The van der Waals surface area contributed by atoms with Crippen molar-refractivity contribution in [2.24, 2.45) is 0 Å². The van der Waals surface area contributed by atoms with Crippen molar-refractivity contribution < 1.29 is 9.72 Å². The number of carbonyl (C=O) groups is 1. The summed E-state index contributed by atoms with van der Waals surface area (Å²) in [6, 6.07) is 11.2. The van der Waals surface area contributed by atoms with E-state index in [-0.39, 0.29) is 17.3 Å². The molecule has 0 aliphatic rings. The molecule has 0 aliphatic heterocycles. The number of hydrogen-bond acceptors (Lipinski definition) is 4. The zero-order valence-electron chi connectivity index (χ0n) is 11.8. The minimum Gasteiger partial charge on any atom is -0.324 e. The van der Waals surface area contributed by atoms with Gasteiger partial charge in [0, 0.05) is 22.9 Å². The van der Waals surface area contributed by atoms with Crippen LogP contribution in [0.1, 0.15) is 5.56 Å². The molecule has 0 heterocycles. The molecular formula is C15H12Cl2N2O3S. The summed E-state index contributed by atoms with van der Waals surface area (Å²) in [6.45, 7) is 0. The fraction of sp³-hybridized carbons (Fsp3) is 0.133. The monoisotopic (exact) mass is 370 g/mol. The number of non-ortho nitro benzene ring substituents is 1. The standard InChI is InChI=1S/C15H12Cl2N2O3S/c16-11-4-5-14(13(17)7-11)18-15(20)9-23-8-10-2-1-3-12(6-10)19(21)22/h1-7H,8-9H2,(H,18,20). The van der Waals surface area contributed by atoms with Crippen LogP contribution in [0.3, 0.4) is 0 Å². The predicted molar refractivity (Wildman–Crippen MR) is 94.4 cm³/mol. The Hall–Kier alpha value is -1.76. The summed E-state index contributed by atoms with van der Waals surface area (Å²) < 4.78 is 0. The zero-order valence-corrected chi connectivity index (χ0v) is 14.1. The quantitative estimate of drug-likeness (QED) is 0.586. The molecule has 2 aromatic rings. The maximum Gasteiger partial charge on any atom is 0.269 e. The molecule has 0 saturated carbocycles. The van der Waals surface area contributed by atoms with Crippen LogP contribution in [-0.2, 0) is 10.5 Å². The van der Waals surface area contributed by atoms with Gasteiger partial charge in [0.15, 0.2) is 0 Å². The normalized spacial score (nSPS) is 10.3. The third-order valence-corrected chi connectivity index (χ3v) is 4.38. The average molecular weight is 371 g/mol. The van der Waals surface area contributed by atoms with Gasteiger partial charge in [0.1, 0.15) is 0 Å². The number of rotatable bonds is 6. The van der Waals surface area contributed by atoms with E-state index in [1.165, 1.54) is 23.9 Å². The molecule has 8 heteroatoms. The van der Waals surface area contributed by atoms with Gasteiger partial charge in [0.05, 0.1) is 21.4 Å². The molecule has 0 radical (unpaired) electrons. The first-order valence-corrected chi connectivity index (χ1v) is 8.43. The summed E-state index contributed by atoms with van der Waals surface area (Å²) >= 11 is 13.1. The van der Waals surface area contributed by atoms with Crippen LogP contribution in [0.25, 0.3) is 0 Å². The lowest BCUT2D eigenvalue weighted by molar-refractivity contribution is -0.384. The van der Waals surface area contributed by atoms with Gasteiger partial charge in [-0.2, -0.15) is 0 Å². The van der Waals surface area contributed by atoms with Gasteiger partial charge in [-0.05, 0) is 23.8 Å². The smallest absolute Gasteiger partial charge is 0.269 e. The second-order valence-electron chi connectivity index (χ2n) is 4.59. The number of nitrogens with one attached hydrogen (secondary N) is 1. The molecule has 2 aromatic carbocycles. The Morgan fingerprint density at radius 3 is 2.70 bits per heavy atom. The summed E-state index contributed by atoms with van der Waals surface area (Å²) in [4.78, 5) is 22.1. The lowest BCUT2D eigenvalue weighted by atomic mass is 10.2. The van der Waals surface area contributed by atoms with Gasteiger partial charge in [0.25, 0.3) is 5.69 Å². The van der Waals surface area contributed by atoms with Gasteiger partial charge in [0.2, 0.25) is 5.91 Å². The third kappa shape index (κ3) is 5.42. The molecule has 2 rings (SSSR count). The minimum absolute atomic E-state index is 0.0421. The van der Waals surface area contributed by atoms with E-state index in [4.69, 9.17) is 23.2 Å². The van der Waals surface area contributed by atoms with Crippen LogP contribution < -0.4 is 5.32 Å². The number of thioether (sulfide) groups is 1. The van der Waals surface area contributed by atoms with Crippen molar-refractivity contribution in [2.45, 2.75) is 5.75 Å². The Kier molecular flexibility index (Phi) is 6.27. The van der Waals surface area contributed by atoms with Crippen LogP contribution in [-0.4, -0.2) is 16.6 Å². The van der Waals surface area contributed by atoms with Gasteiger partial charge in [-0.1, -0.05) is 35.3 Å². The van der Waals surface area contributed by atoms with Crippen molar-refractivity contribution in [1.29, 1.82) is 0 Å². The Balaban J connectivity index is 1.85. The topological polar surface area (TPSA) is 72.2 Å². The van der Waals surface area contributed by atoms with Gasteiger partial charge < -0.3 is 5.32 Å². The predicted octanol–water partition coefficient (Wildman–Crippen LogP) is 4.77. The number of anilines is 1. The number of halogens is 2. The van der Waals surface area contributed by atoms with Crippen LogP contribution in [0.4, 0.5) is 11.4 Å². The van der Waals surface area contributed by atoms with E-state index >= 15 is 0 Å². The van der Waals surface area contributed by atoms with Crippen molar-refractivity contribution in [2.75, 3.05) is 11.1 Å².